The molecule has 4 heterocycles. The highest BCUT2D eigenvalue weighted by Gasteiger charge is 2.49. The molecule has 1 aromatic carbocycles. The third kappa shape index (κ3) is 3.31. The van der Waals surface area contributed by atoms with Crippen LogP contribution in [0.2, 0.25) is 0 Å². The monoisotopic (exact) mass is 396 g/mol. The maximum absolute atomic E-state index is 14.6. The Morgan fingerprint density at radius 2 is 2.24 bits per heavy atom. The number of nitrogens with one attached hydrogen (secondary N) is 1. The molecule has 0 aliphatic carbocycles. The summed E-state index contributed by atoms with van der Waals surface area (Å²) in [7, 11) is 0. The average Bonchev–Trinajstić information content (AvgIpc) is 3.36. The van der Waals surface area contributed by atoms with Gasteiger partial charge in [-0.1, -0.05) is 5.10 Å². The number of halogens is 1. The number of aromatic nitrogens is 5. The van der Waals surface area contributed by atoms with Crippen LogP contribution in [-0.4, -0.2) is 53.7 Å². The van der Waals surface area contributed by atoms with Crippen LogP contribution in [-0.2, 0) is 0 Å². The average molecular weight is 396 g/mol. The molecule has 2 fully saturated rings. The molecular weight excluding hydrogens is 375 g/mol. The molecule has 2 N–H and O–H groups in total. The molecule has 9 heteroatoms. The number of imidazole rings is 1. The normalized spacial score (nSPS) is 28.4. The molecular formula is C20H21FN6O2. The molecule has 0 saturated carbocycles. The van der Waals surface area contributed by atoms with Crippen molar-refractivity contribution >= 4 is 0 Å². The fraction of sp³-hybridized carbons (Fsp3) is 0.400. The second-order valence-corrected chi connectivity index (χ2v) is 7.95. The molecule has 3 aromatic rings. The highest BCUT2D eigenvalue weighted by molar-refractivity contribution is 5.67. The second kappa shape index (κ2) is 6.77. The highest BCUT2D eigenvalue weighted by Crippen LogP contribution is 2.38. The van der Waals surface area contributed by atoms with Crippen LogP contribution in [0.3, 0.4) is 0 Å². The van der Waals surface area contributed by atoms with Crippen LogP contribution >= 0.6 is 0 Å². The molecule has 4 atom stereocenters. The summed E-state index contributed by atoms with van der Waals surface area (Å²) in [5.41, 5.74) is 1.57. The molecule has 0 unspecified atom stereocenters. The Kier molecular flexibility index (Phi) is 4.20. The quantitative estimate of drug-likeness (QED) is 0.699. The number of phenolic OH excluding ortho intramolecular Hbond substituents is 1. The standard InChI is InChI=1S/C20H21FN6O2/c1-20-5-4-14(24-20)18(21)17(9-20)29-19-23-10-15(25-26-19)13-3-2-12(8-16(13)28)27-7-6-22-11-27/h2-3,6-8,10-11,14,17-18,24,28H,4-5,9H2,1H3/t14-,17+,18+,20+/m1/s1. The molecule has 2 saturated heterocycles. The zero-order valence-corrected chi connectivity index (χ0v) is 15.9. The molecule has 2 bridgehead atoms. The largest absolute Gasteiger partial charge is 0.507 e. The van der Waals surface area contributed by atoms with Gasteiger partial charge in [0.25, 0.3) is 0 Å². The number of hydrogen-bond donors (Lipinski definition) is 2. The van der Waals surface area contributed by atoms with Gasteiger partial charge in [0.05, 0.1) is 18.2 Å². The Morgan fingerprint density at radius 3 is 2.97 bits per heavy atom. The lowest BCUT2D eigenvalue weighted by molar-refractivity contribution is 0.0203. The van der Waals surface area contributed by atoms with E-state index in [0.717, 1.165) is 18.5 Å². The summed E-state index contributed by atoms with van der Waals surface area (Å²) in [6.07, 6.45) is 7.17. The third-order valence-corrected chi connectivity index (χ3v) is 5.79. The van der Waals surface area contributed by atoms with E-state index >= 15 is 0 Å². The number of benzene rings is 1. The number of fused-ring (bicyclic) bond motifs is 2. The second-order valence-electron chi connectivity index (χ2n) is 7.95. The number of rotatable bonds is 4. The minimum atomic E-state index is -1.10. The van der Waals surface area contributed by atoms with Gasteiger partial charge in [-0.3, -0.25) is 0 Å². The van der Waals surface area contributed by atoms with Crippen molar-refractivity contribution in [2.75, 3.05) is 0 Å². The predicted octanol–water partition coefficient (Wildman–Crippen LogP) is 2.43. The van der Waals surface area contributed by atoms with E-state index in [4.69, 9.17) is 4.74 Å². The molecule has 5 rings (SSSR count). The summed E-state index contributed by atoms with van der Waals surface area (Å²) < 4.78 is 22.2. The van der Waals surface area contributed by atoms with Crippen LogP contribution in [0.4, 0.5) is 4.39 Å². The van der Waals surface area contributed by atoms with Gasteiger partial charge in [0, 0.05) is 42.0 Å². The summed E-state index contributed by atoms with van der Waals surface area (Å²) >= 11 is 0. The maximum Gasteiger partial charge on any atom is 0.336 e. The van der Waals surface area contributed by atoms with E-state index in [1.807, 2.05) is 6.07 Å². The molecule has 0 amide bonds. The number of piperidine rings is 1. The smallest absolute Gasteiger partial charge is 0.336 e. The van der Waals surface area contributed by atoms with Gasteiger partial charge in [-0.2, -0.15) is 0 Å². The third-order valence-electron chi connectivity index (χ3n) is 5.79. The van der Waals surface area contributed by atoms with Gasteiger partial charge in [0.1, 0.15) is 17.5 Å². The summed E-state index contributed by atoms with van der Waals surface area (Å²) in [6, 6.07) is 5.04. The summed E-state index contributed by atoms with van der Waals surface area (Å²) in [5, 5.41) is 21.8. The minimum Gasteiger partial charge on any atom is -0.507 e. The van der Waals surface area contributed by atoms with Gasteiger partial charge in [-0.25, -0.2) is 14.4 Å². The Bertz CT molecular complexity index is 1010. The van der Waals surface area contributed by atoms with Crippen molar-refractivity contribution < 1.29 is 14.2 Å². The van der Waals surface area contributed by atoms with Crippen LogP contribution in [0.15, 0.2) is 43.1 Å². The van der Waals surface area contributed by atoms with E-state index in [9.17, 15) is 9.50 Å². The first-order valence-corrected chi connectivity index (χ1v) is 9.61. The van der Waals surface area contributed by atoms with E-state index in [1.54, 1.807) is 35.4 Å². The van der Waals surface area contributed by atoms with Crippen molar-refractivity contribution in [3.63, 3.8) is 0 Å². The Hall–Kier alpha value is -3.07. The number of alkyl halides is 1. The van der Waals surface area contributed by atoms with Crippen LogP contribution in [0, 0.1) is 0 Å². The fourth-order valence-electron chi connectivity index (χ4n) is 4.27. The molecule has 0 radical (unpaired) electrons. The first-order valence-electron chi connectivity index (χ1n) is 9.61. The molecule has 2 aliphatic rings. The maximum atomic E-state index is 14.6. The fourth-order valence-corrected chi connectivity index (χ4v) is 4.27. The minimum absolute atomic E-state index is 0.0424. The predicted molar refractivity (Wildman–Crippen MR) is 103 cm³/mol. The van der Waals surface area contributed by atoms with Crippen molar-refractivity contribution in [2.45, 2.75) is 50.0 Å². The van der Waals surface area contributed by atoms with Crippen LogP contribution in [0.5, 0.6) is 11.8 Å². The molecule has 8 nitrogen and oxygen atoms in total. The Balaban J connectivity index is 1.33. The molecule has 2 aliphatic heterocycles. The number of phenols is 1. The van der Waals surface area contributed by atoms with Gasteiger partial charge >= 0.3 is 6.01 Å². The Labute approximate surface area is 166 Å². The van der Waals surface area contributed by atoms with Gasteiger partial charge in [-0.15, -0.1) is 5.10 Å². The molecule has 29 heavy (non-hydrogen) atoms. The Morgan fingerprint density at radius 1 is 1.34 bits per heavy atom. The number of ether oxygens (including phenoxy) is 1. The molecule has 2 aromatic heterocycles. The molecule has 0 spiro atoms. The SMILES string of the molecule is C[C@@]12CC[C@@H](N1)[C@H](F)[C@@H](Oc1ncc(-c3ccc(-n4ccnc4)cc3O)nn1)C2. The van der Waals surface area contributed by atoms with E-state index in [2.05, 4.69) is 32.4 Å². The van der Waals surface area contributed by atoms with Gasteiger partial charge in [0.2, 0.25) is 0 Å². The summed E-state index contributed by atoms with van der Waals surface area (Å²) in [6.45, 7) is 2.09. The van der Waals surface area contributed by atoms with E-state index in [-0.39, 0.29) is 23.3 Å². The summed E-state index contributed by atoms with van der Waals surface area (Å²) in [5.74, 6) is 0.0487. The van der Waals surface area contributed by atoms with E-state index in [0.29, 0.717) is 17.7 Å². The van der Waals surface area contributed by atoms with Crippen LogP contribution < -0.4 is 10.1 Å². The van der Waals surface area contributed by atoms with Crippen molar-refractivity contribution in [1.29, 1.82) is 0 Å². The van der Waals surface area contributed by atoms with E-state index < -0.39 is 12.3 Å². The van der Waals surface area contributed by atoms with Gasteiger partial charge in [-0.05, 0) is 31.9 Å². The van der Waals surface area contributed by atoms with Gasteiger partial charge in [0.15, 0.2) is 6.17 Å². The zero-order valence-electron chi connectivity index (χ0n) is 15.9. The number of nitrogens with zero attached hydrogens (tertiary/aromatic N) is 5. The number of hydrogen-bond acceptors (Lipinski definition) is 7. The first kappa shape index (κ1) is 18.0. The highest BCUT2D eigenvalue weighted by atomic mass is 19.1. The van der Waals surface area contributed by atoms with Crippen molar-refractivity contribution in [1.82, 2.24) is 30.0 Å². The van der Waals surface area contributed by atoms with Crippen LogP contribution in [0.25, 0.3) is 16.9 Å². The lowest BCUT2D eigenvalue weighted by atomic mass is 9.90. The van der Waals surface area contributed by atoms with Gasteiger partial charge < -0.3 is 19.7 Å². The van der Waals surface area contributed by atoms with Crippen molar-refractivity contribution in [2.24, 2.45) is 0 Å². The number of aromatic hydroxyl groups is 1. The lowest BCUT2D eigenvalue weighted by Gasteiger charge is -2.38. The van der Waals surface area contributed by atoms with Crippen molar-refractivity contribution in [3.8, 4) is 28.7 Å². The molecule has 150 valence electrons. The lowest BCUT2D eigenvalue weighted by Crippen LogP contribution is -2.57. The van der Waals surface area contributed by atoms with E-state index in [1.165, 1.54) is 6.20 Å². The zero-order chi connectivity index (χ0) is 20.0. The van der Waals surface area contributed by atoms with Crippen molar-refractivity contribution in [3.05, 3.63) is 43.1 Å². The summed E-state index contributed by atoms with van der Waals surface area (Å²) in [4.78, 5) is 8.17. The topological polar surface area (TPSA) is 98.0 Å². The van der Waals surface area contributed by atoms with Crippen LogP contribution in [0.1, 0.15) is 26.2 Å². The first-order chi connectivity index (χ1) is 14.0.